The summed E-state index contributed by atoms with van der Waals surface area (Å²) in [6.07, 6.45) is 5.89. The number of hydrogen-bond donors (Lipinski definition) is 3. The molecule has 7 nitrogen and oxygen atoms in total. The van der Waals surface area contributed by atoms with Crippen LogP contribution < -0.4 is 10.5 Å². The van der Waals surface area contributed by atoms with Gasteiger partial charge in [-0.15, -0.1) is 0 Å². The summed E-state index contributed by atoms with van der Waals surface area (Å²) in [6, 6.07) is 16.6. The smallest absolute Gasteiger partial charge is 0.133 e. The van der Waals surface area contributed by atoms with Gasteiger partial charge >= 0.3 is 0 Å². The molecule has 3 aromatic heterocycles. The molecule has 0 spiro atoms. The van der Waals surface area contributed by atoms with Crippen LogP contribution in [0.15, 0.2) is 54.7 Å². The lowest BCUT2D eigenvalue weighted by atomic mass is 9.95. The monoisotopic (exact) mass is 453 g/mol. The molecule has 0 bridgehead atoms. The maximum absolute atomic E-state index is 6.41. The van der Waals surface area contributed by atoms with Gasteiger partial charge in [-0.3, -0.25) is 5.10 Å². The standard InChI is InChI=1S/C27H27N5O2/c1-33-19-6-4-16(5-7-19)11-17-12-22-25(15-21(17)24-8-9-29-32-24)31-27(28)23-14-18(30-26(22)23)13-20-3-2-10-34-20/h4-9,12,14-15,20,30H,2-3,10-11,13H2,1H3,(H2,28,31)(H,29,32). The van der Waals surface area contributed by atoms with Crippen LogP contribution in [0.4, 0.5) is 5.82 Å². The second-order valence-electron chi connectivity index (χ2n) is 8.94. The molecule has 1 fully saturated rings. The Balaban J connectivity index is 1.48. The number of nitrogen functional groups attached to an aromatic ring is 1. The maximum Gasteiger partial charge on any atom is 0.133 e. The molecule has 172 valence electrons. The molecule has 7 heteroatoms. The van der Waals surface area contributed by atoms with E-state index in [2.05, 4.69) is 45.5 Å². The van der Waals surface area contributed by atoms with E-state index in [4.69, 9.17) is 20.2 Å². The zero-order valence-corrected chi connectivity index (χ0v) is 19.1. The van der Waals surface area contributed by atoms with E-state index in [1.54, 1.807) is 13.3 Å². The Morgan fingerprint density at radius 2 is 2.00 bits per heavy atom. The number of anilines is 1. The predicted octanol–water partition coefficient (Wildman–Crippen LogP) is 5.01. The number of methoxy groups -OCH3 is 1. The van der Waals surface area contributed by atoms with Gasteiger partial charge in [-0.25, -0.2) is 4.98 Å². The third-order valence-electron chi connectivity index (χ3n) is 6.70. The average Bonchev–Trinajstić information content (AvgIpc) is 3.62. The molecule has 1 aliphatic rings. The lowest BCUT2D eigenvalue weighted by Gasteiger charge is -2.12. The third-order valence-corrected chi connectivity index (χ3v) is 6.70. The molecule has 0 amide bonds. The van der Waals surface area contributed by atoms with Crippen LogP contribution in [-0.4, -0.2) is 40.0 Å². The van der Waals surface area contributed by atoms with Crippen LogP contribution >= 0.6 is 0 Å². The number of aromatic nitrogens is 4. The molecule has 2 aromatic carbocycles. The number of nitrogens with zero attached hydrogens (tertiary/aromatic N) is 2. The molecule has 4 heterocycles. The van der Waals surface area contributed by atoms with Gasteiger partial charge in [-0.2, -0.15) is 5.10 Å². The number of fused-ring (bicyclic) bond motifs is 3. The van der Waals surface area contributed by atoms with Gasteiger partial charge in [-0.1, -0.05) is 12.1 Å². The fourth-order valence-corrected chi connectivity index (χ4v) is 4.97. The first-order valence-corrected chi connectivity index (χ1v) is 11.7. The number of ether oxygens (including phenoxy) is 2. The summed E-state index contributed by atoms with van der Waals surface area (Å²) in [4.78, 5) is 8.40. The SMILES string of the molecule is COc1ccc(Cc2cc3c(cc2-c2ccn[nH]2)nc(N)c2cc(CC4CCCO4)[nH]c23)cc1. The largest absolute Gasteiger partial charge is 0.497 e. The van der Waals surface area contributed by atoms with Crippen molar-refractivity contribution in [1.29, 1.82) is 0 Å². The Kier molecular flexibility index (Phi) is 5.19. The van der Waals surface area contributed by atoms with Gasteiger partial charge in [-0.05, 0) is 66.8 Å². The van der Waals surface area contributed by atoms with Gasteiger partial charge in [0.25, 0.3) is 0 Å². The van der Waals surface area contributed by atoms with E-state index < -0.39 is 0 Å². The van der Waals surface area contributed by atoms with Crippen LogP contribution in [0.2, 0.25) is 0 Å². The van der Waals surface area contributed by atoms with E-state index in [-0.39, 0.29) is 6.10 Å². The number of pyridine rings is 1. The second kappa shape index (κ2) is 8.50. The Hall–Kier alpha value is -3.84. The van der Waals surface area contributed by atoms with E-state index in [9.17, 15) is 0 Å². The summed E-state index contributed by atoms with van der Waals surface area (Å²) in [5.41, 5.74) is 13.8. The van der Waals surface area contributed by atoms with Crippen LogP contribution in [0.1, 0.15) is 29.7 Å². The molecular formula is C27H27N5O2. The zero-order valence-electron chi connectivity index (χ0n) is 19.1. The summed E-state index contributed by atoms with van der Waals surface area (Å²) >= 11 is 0. The fraction of sp³-hybridized carbons (Fsp3) is 0.259. The van der Waals surface area contributed by atoms with E-state index in [0.717, 1.165) is 76.8 Å². The molecule has 0 aliphatic carbocycles. The molecular weight excluding hydrogens is 426 g/mol. The van der Waals surface area contributed by atoms with Crippen molar-refractivity contribution in [3.8, 4) is 17.0 Å². The van der Waals surface area contributed by atoms with Gasteiger partial charge in [0.2, 0.25) is 0 Å². The van der Waals surface area contributed by atoms with Crippen molar-refractivity contribution in [1.82, 2.24) is 20.2 Å². The van der Waals surface area contributed by atoms with Crippen molar-refractivity contribution in [2.24, 2.45) is 0 Å². The fourth-order valence-electron chi connectivity index (χ4n) is 4.97. The van der Waals surface area contributed by atoms with Gasteiger partial charge in [0.15, 0.2) is 0 Å². The molecule has 34 heavy (non-hydrogen) atoms. The normalized spacial score (nSPS) is 16.0. The van der Waals surface area contributed by atoms with Crippen molar-refractivity contribution in [2.45, 2.75) is 31.8 Å². The summed E-state index contributed by atoms with van der Waals surface area (Å²) in [5, 5.41) is 9.30. The van der Waals surface area contributed by atoms with Gasteiger partial charge in [0, 0.05) is 41.3 Å². The Labute approximate surface area is 197 Å². The van der Waals surface area contributed by atoms with Crippen molar-refractivity contribution >= 4 is 27.6 Å². The molecule has 6 rings (SSSR count). The van der Waals surface area contributed by atoms with Crippen molar-refractivity contribution in [2.75, 3.05) is 19.5 Å². The van der Waals surface area contributed by atoms with Gasteiger partial charge in [0.1, 0.15) is 11.6 Å². The average molecular weight is 454 g/mol. The summed E-state index contributed by atoms with van der Waals surface area (Å²) < 4.78 is 11.2. The van der Waals surface area contributed by atoms with E-state index in [0.29, 0.717) is 5.82 Å². The topological polar surface area (TPSA) is 102 Å². The van der Waals surface area contributed by atoms with Crippen LogP contribution in [0, 0.1) is 0 Å². The number of rotatable bonds is 6. The number of hydrogen-bond acceptors (Lipinski definition) is 5. The predicted molar refractivity (Wildman–Crippen MR) is 134 cm³/mol. The number of nitrogens with one attached hydrogen (secondary N) is 2. The van der Waals surface area contributed by atoms with Gasteiger partial charge < -0.3 is 20.2 Å². The highest BCUT2D eigenvalue weighted by molar-refractivity contribution is 6.09. The van der Waals surface area contributed by atoms with Crippen LogP contribution in [0.25, 0.3) is 33.1 Å². The molecule has 5 aromatic rings. The van der Waals surface area contributed by atoms with E-state index in [1.807, 2.05) is 18.2 Å². The summed E-state index contributed by atoms with van der Waals surface area (Å²) in [5.74, 6) is 1.39. The number of benzene rings is 2. The molecule has 1 atom stereocenters. The zero-order chi connectivity index (χ0) is 23.1. The molecule has 0 radical (unpaired) electrons. The molecule has 1 unspecified atom stereocenters. The Morgan fingerprint density at radius 1 is 1.12 bits per heavy atom. The Morgan fingerprint density at radius 3 is 2.74 bits per heavy atom. The van der Waals surface area contributed by atoms with Gasteiger partial charge in [0.05, 0.1) is 29.9 Å². The van der Waals surface area contributed by atoms with Crippen molar-refractivity contribution < 1.29 is 9.47 Å². The number of aromatic amines is 2. The maximum atomic E-state index is 6.41. The Bertz CT molecular complexity index is 1450. The lowest BCUT2D eigenvalue weighted by molar-refractivity contribution is 0.111. The van der Waals surface area contributed by atoms with Crippen LogP contribution in [-0.2, 0) is 17.6 Å². The second-order valence-corrected chi connectivity index (χ2v) is 8.94. The third kappa shape index (κ3) is 3.78. The van der Waals surface area contributed by atoms with E-state index >= 15 is 0 Å². The minimum atomic E-state index is 0.270. The molecule has 1 aliphatic heterocycles. The molecule has 0 saturated carbocycles. The van der Waals surface area contributed by atoms with Crippen molar-refractivity contribution in [3.63, 3.8) is 0 Å². The summed E-state index contributed by atoms with van der Waals surface area (Å²) in [7, 11) is 1.68. The van der Waals surface area contributed by atoms with Crippen molar-refractivity contribution in [3.05, 3.63) is 71.5 Å². The highest BCUT2D eigenvalue weighted by Gasteiger charge is 2.19. The molecule has 1 saturated heterocycles. The van der Waals surface area contributed by atoms with Crippen LogP contribution in [0.3, 0.4) is 0 Å². The first-order valence-electron chi connectivity index (χ1n) is 11.7. The first kappa shape index (κ1) is 20.7. The minimum Gasteiger partial charge on any atom is -0.497 e. The number of H-pyrrole nitrogens is 2. The first-order chi connectivity index (χ1) is 16.7. The van der Waals surface area contributed by atoms with Crippen LogP contribution in [0.5, 0.6) is 5.75 Å². The minimum absolute atomic E-state index is 0.270. The lowest BCUT2D eigenvalue weighted by Crippen LogP contribution is -2.08. The van der Waals surface area contributed by atoms with E-state index in [1.165, 1.54) is 11.1 Å². The summed E-state index contributed by atoms with van der Waals surface area (Å²) in [6.45, 7) is 0.850. The molecule has 4 N–H and O–H groups in total. The number of nitrogens with two attached hydrogens (primary N) is 1. The quantitative estimate of drug-likeness (QED) is 0.335. The highest BCUT2D eigenvalue weighted by atomic mass is 16.5. The highest BCUT2D eigenvalue weighted by Crippen LogP contribution is 2.35.